The van der Waals surface area contributed by atoms with Crippen molar-refractivity contribution in [3.05, 3.63) is 12.7 Å². The average Bonchev–Trinajstić information content (AvgIpc) is 1.87. The summed E-state index contributed by atoms with van der Waals surface area (Å²) in [6, 6.07) is 0. The molecule has 1 N–H and O–H groups in total. The molecule has 0 aromatic carbocycles. The molecule has 0 radical (unpaired) electrons. The Hall–Kier alpha value is -0.550. The Morgan fingerprint density at radius 1 is 1.91 bits per heavy atom. The zero-order valence-corrected chi connectivity index (χ0v) is 7.82. The van der Waals surface area contributed by atoms with Gasteiger partial charge in [-0.05, 0) is 19.1 Å². The van der Waals surface area contributed by atoms with E-state index in [0.29, 0.717) is 6.61 Å². The third kappa shape index (κ3) is 26.5. The van der Waals surface area contributed by atoms with Gasteiger partial charge in [0.15, 0.2) is 0 Å². The quantitative estimate of drug-likeness (QED) is 0.302. The molecule has 0 rings (SSSR count). The highest BCUT2D eigenvalue weighted by Crippen LogP contribution is 1.74. The van der Waals surface area contributed by atoms with Gasteiger partial charge in [0.2, 0.25) is 4.38 Å². The number of hydrogen-bond donors (Lipinski definition) is 2. The van der Waals surface area contributed by atoms with Crippen LogP contribution in [0.15, 0.2) is 12.7 Å². The van der Waals surface area contributed by atoms with Crippen molar-refractivity contribution in [2.45, 2.75) is 6.92 Å². The summed E-state index contributed by atoms with van der Waals surface area (Å²) in [5.74, 6) is -0.359. The second-order valence-electron chi connectivity index (χ2n) is 1.24. The Bertz CT molecular complexity index is 141. The normalized spacial score (nSPS) is 7.09. The molecule has 0 aliphatic heterocycles. The summed E-state index contributed by atoms with van der Waals surface area (Å²) in [5.41, 5.74) is 0. The van der Waals surface area contributed by atoms with Gasteiger partial charge in [-0.1, -0.05) is 19.2 Å². The smallest absolute Gasteiger partial charge is 0.330 e. The monoisotopic (exact) mass is 194 g/mol. The molecule has 0 aliphatic carbocycles. The number of aliphatic hydroxyl groups is 1. The van der Waals surface area contributed by atoms with Gasteiger partial charge in [-0.25, -0.2) is 4.79 Å². The van der Waals surface area contributed by atoms with E-state index in [2.05, 4.69) is 36.2 Å². The largest absolute Gasteiger partial charge is 0.494 e. The maximum Gasteiger partial charge on any atom is 0.330 e. The van der Waals surface area contributed by atoms with Crippen molar-refractivity contribution in [1.29, 1.82) is 0 Å². The average molecular weight is 194 g/mol. The van der Waals surface area contributed by atoms with Crippen LogP contribution in [-0.4, -0.2) is 22.1 Å². The van der Waals surface area contributed by atoms with Crippen molar-refractivity contribution in [3.63, 3.8) is 0 Å². The first kappa shape index (κ1) is 13.1. The predicted molar refractivity (Wildman–Crippen MR) is 51.0 cm³/mol. The van der Waals surface area contributed by atoms with Crippen molar-refractivity contribution in [2.75, 3.05) is 6.61 Å². The van der Waals surface area contributed by atoms with Gasteiger partial charge in [0.05, 0.1) is 6.61 Å². The number of ether oxygens (including phenoxy) is 1. The van der Waals surface area contributed by atoms with E-state index in [9.17, 15) is 4.79 Å². The van der Waals surface area contributed by atoms with Crippen LogP contribution in [0.4, 0.5) is 0 Å². The molecular formula is C6H10O3S2. The molecule has 0 aliphatic rings. The fraction of sp³-hybridized carbons (Fsp3) is 0.333. The molecule has 0 unspecified atom stereocenters. The lowest BCUT2D eigenvalue weighted by Crippen LogP contribution is -1.97. The van der Waals surface area contributed by atoms with Gasteiger partial charge >= 0.3 is 5.97 Å². The van der Waals surface area contributed by atoms with Crippen LogP contribution in [0.5, 0.6) is 0 Å². The fourth-order valence-corrected chi connectivity index (χ4v) is 0.201. The predicted octanol–water partition coefficient (Wildman–Crippen LogP) is 1.49. The minimum absolute atomic E-state index is 0.306. The molecule has 0 atom stereocenters. The van der Waals surface area contributed by atoms with Crippen LogP contribution in [0.3, 0.4) is 0 Å². The molecule has 0 saturated heterocycles. The minimum atomic E-state index is -0.359. The summed E-state index contributed by atoms with van der Waals surface area (Å²) in [4.78, 5) is 10.1. The van der Waals surface area contributed by atoms with E-state index in [-0.39, 0.29) is 10.4 Å². The molecular weight excluding hydrogens is 184 g/mol. The van der Waals surface area contributed by atoms with E-state index >= 15 is 0 Å². The molecule has 0 bridgehead atoms. The first-order chi connectivity index (χ1) is 5.04. The Balaban J connectivity index is 0. The van der Waals surface area contributed by atoms with Gasteiger partial charge < -0.3 is 9.84 Å². The number of aliphatic hydroxyl groups excluding tert-OH is 1. The van der Waals surface area contributed by atoms with Crippen LogP contribution in [0.1, 0.15) is 6.92 Å². The number of hydrogen-bond acceptors (Lipinski definition) is 3. The lowest BCUT2D eigenvalue weighted by molar-refractivity contribution is -0.137. The molecule has 11 heavy (non-hydrogen) atoms. The van der Waals surface area contributed by atoms with Gasteiger partial charge in [-0.2, -0.15) is 0 Å². The molecule has 5 heteroatoms. The summed E-state index contributed by atoms with van der Waals surface area (Å²) < 4.78 is 4.13. The van der Waals surface area contributed by atoms with Crippen molar-refractivity contribution >= 4 is 35.2 Å². The molecule has 0 saturated carbocycles. The van der Waals surface area contributed by atoms with Gasteiger partial charge in [-0.3, -0.25) is 0 Å². The Labute approximate surface area is 76.5 Å². The fourth-order valence-electron chi connectivity index (χ4n) is 0.201. The highest BCUT2D eigenvalue weighted by molar-refractivity contribution is 8.10. The van der Waals surface area contributed by atoms with Crippen LogP contribution in [0.2, 0.25) is 0 Å². The Kier molecular flexibility index (Phi) is 11.2. The van der Waals surface area contributed by atoms with Crippen molar-refractivity contribution in [2.24, 2.45) is 0 Å². The molecule has 3 nitrogen and oxygen atoms in total. The number of carbonyl (C=O) groups excluding carboxylic acids is 1. The van der Waals surface area contributed by atoms with E-state index in [4.69, 9.17) is 5.11 Å². The first-order valence-corrected chi connectivity index (χ1v) is 3.61. The maximum absolute atomic E-state index is 10.1. The molecule has 0 amide bonds. The summed E-state index contributed by atoms with van der Waals surface area (Å²) in [6.07, 6.45) is 1.14. The van der Waals surface area contributed by atoms with Gasteiger partial charge in [0.25, 0.3) is 0 Å². The molecule has 0 fully saturated rings. The third-order valence-electron chi connectivity index (χ3n) is 0.453. The van der Waals surface area contributed by atoms with Crippen LogP contribution in [0, 0.1) is 0 Å². The van der Waals surface area contributed by atoms with Gasteiger partial charge in [0, 0.05) is 6.08 Å². The molecule has 0 spiro atoms. The number of carbonyl (C=O) groups is 1. The summed E-state index contributed by atoms with van der Waals surface area (Å²) in [7, 11) is 0. The van der Waals surface area contributed by atoms with Crippen LogP contribution < -0.4 is 0 Å². The van der Waals surface area contributed by atoms with Gasteiger partial charge in [-0.15, -0.1) is 0 Å². The second kappa shape index (κ2) is 9.45. The SMILES string of the molecule is C=CC(=O)OCC.OC(=S)S. The van der Waals surface area contributed by atoms with Crippen LogP contribution in [0.25, 0.3) is 0 Å². The topological polar surface area (TPSA) is 46.5 Å². The zero-order chi connectivity index (χ0) is 9.28. The van der Waals surface area contributed by atoms with E-state index in [1.807, 2.05) is 0 Å². The molecule has 0 aromatic rings. The lowest BCUT2D eigenvalue weighted by Gasteiger charge is -1.90. The van der Waals surface area contributed by atoms with E-state index in [0.717, 1.165) is 6.08 Å². The van der Waals surface area contributed by atoms with Crippen LogP contribution in [-0.2, 0) is 9.53 Å². The zero-order valence-electron chi connectivity index (χ0n) is 6.11. The number of thiocarbonyl (C=S) groups is 1. The lowest BCUT2D eigenvalue weighted by atomic mass is 10.6. The Morgan fingerprint density at radius 2 is 2.27 bits per heavy atom. The van der Waals surface area contributed by atoms with Crippen LogP contribution >= 0.6 is 24.8 Å². The first-order valence-electron chi connectivity index (χ1n) is 2.75. The highest BCUT2D eigenvalue weighted by atomic mass is 32.1. The highest BCUT2D eigenvalue weighted by Gasteiger charge is 1.86. The van der Waals surface area contributed by atoms with E-state index < -0.39 is 0 Å². The third-order valence-corrected chi connectivity index (χ3v) is 0.453. The van der Waals surface area contributed by atoms with Gasteiger partial charge in [0.1, 0.15) is 0 Å². The van der Waals surface area contributed by atoms with E-state index in [1.54, 1.807) is 6.92 Å². The molecule has 64 valence electrons. The summed E-state index contributed by atoms with van der Waals surface area (Å²) >= 11 is 7.21. The standard InChI is InChI=1S/C5H8O2.CH2OS2/c1-3-5(6)7-4-2;2-1(3)4/h3H,1,4H2,2H3;(H2,2,3,4). The van der Waals surface area contributed by atoms with E-state index in [1.165, 1.54) is 0 Å². The minimum Gasteiger partial charge on any atom is -0.494 e. The number of thiol groups is 1. The maximum atomic E-state index is 10.1. The second-order valence-corrected chi connectivity index (χ2v) is 2.35. The number of rotatable bonds is 2. The van der Waals surface area contributed by atoms with Crippen molar-refractivity contribution < 1.29 is 14.6 Å². The summed E-state index contributed by atoms with van der Waals surface area (Å²) in [5, 5.41) is 7.65. The van der Waals surface area contributed by atoms with Crippen molar-refractivity contribution in [1.82, 2.24) is 0 Å². The summed E-state index contributed by atoms with van der Waals surface area (Å²) in [6.45, 7) is 5.38. The number of esters is 1. The van der Waals surface area contributed by atoms with Crippen molar-refractivity contribution in [3.8, 4) is 0 Å². The molecule has 0 aromatic heterocycles. The molecule has 0 heterocycles. The Morgan fingerprint density at radius 3 is 2.36 bits per heavy atom.